The van der Waals surface area contributed by atoms with Crippen molar-refractivity contribution in [1.29, 1.82) is 0 Å². The molecule has 2 aromatic heterocycles. The number of imidazole rings is 1. The molecule has 0 atom stereocenters. The van der Waals surface area contributed by atoms with Gasteiger partial charge in [-0.3, -0.25) is 0 Å². The molecule has 0 saturated carbocycles. The highest BCUT2D eigenvalue weighted by molar-refractivity contribution is 7.99. The quantitative estimate of drug-likeness (QED) is 0.570. The Bertz CT molecular complexity index is 912. The Morgan fingerprint density at radius 1 is 1.27 bits per heavy atom. The lowest BCUT2D eigenvalue weighted by Crippen LogP contribution is -2.24. The molecule has 0 amide bonds. The van der Waals surface area contributed by atoms with Crippen LogP contribution < -0.4 is 11.1 Å². The summed E-state index contributed by atoms with van der Waals surface area (Å²) in [4.78, 5) is 13.9. The van der Waals surface area contributed by atoms with Crippen molar-refractivity contribution >= 4 is 51.9 Å². The Labute approximate surface area is 166 Å². The van der Waals surface area contributed by atoms with E-state index in [0.717, 1.165) is 28.8 Å². The molecule has 0 unspecified atom stereocenters. The number of anilines is 1. The van der Waals surface area contributed by atoms with Gasteiger partial charge in [0.2, 0.25) is 0 Å². The molecular weight excluding hydrogens is 391 g/mol. The molecule has 9 heteroatoms. The molecule has 1 aromatic carbocycles. The lowest BCUT2D eigenvalue weighted by molar-refractivity contribution is 0.516. The second-order valence-electron chi connectivity index (χ2n) is 6.25. The average Bonchev–Trinajstić information content (AvgIpc) is 2.93. The zero-order valence-electron chi connectivity index (χ0n) is 14.5. The number of fused-ring (bicyclic) bond motifs is 1. The van der Waals surface area contributed by atoms with Crippen LogP contribution in [-0.4, -0.2) is 32.6 Å². The smallest absolute Gasteiger partial charge is 0.175 e. The summed E-state index contributed by atoms with van der Waals surface area (Å²) in [5, 5.41) is 5.38. The summed E-state index contributed by atoms with van der Waals surface area (Å²) in [7, 11) is 0. The number of hydrogen-bond acceptors (Lipinski definition) is 6. The third kappa shape index (κ3) is 4.40. The number of rotatable bonds is 7. The van der Waals surface area contributed by atoms with Gasteiger partial charge in [0.15, 0.2) is 22.1 Å². The number of nitrogen functional groups attached to an aromatic ring is 1. The molecule has 0 fully saturated rings. The number of hydrogen-bond donors (Lipinski definition) is 2. The lowest BCUT2D eigenvalue weighted by atomic mass is 10.2. The highest BCUT2D eigenvalue weighted by Gasteiger charge is 2.17. The maximum absolute atomic E-state index is 6.32. The molecule has 3 aromatic rings. The number of halogens is 2. The monoisotopic (exact) mass is 410 g/mol. The Kier molecular flexibility index (Phi) is 6.24. The molecule has 0 aliphatic rings. The van der Waals surface area contributed by atoms with Gasteiger partial charge in [0.1, 0.15) is 6.33 Å². The van der Waals surface area contributed by atoms with Crippen LogP contribution in [-0.2, 0) is 6.54 Å². The van der Waals surface area contributed by atoms with E-state index in [1.165, 1.54) is 18.1 Å². The third-order valence-electron chi connectivity index (χ3n) is 3.69. The Balaban J connectivity index is 1.92. The van der Waals surface area contributed by atoms with Gasteiger partial charge in [0, 0.05) is 23.0 Å². The van der Waals surface area contributed by atoms with Crippen LogP contribution in [0.3, 0.4) is 0 Å². The molecule has 2 heterocycles. The molecule has 26 heavy (non-hydrogen) atoms. The summed E-state index contributed by atoms with van der Waals surface area (Å²) in [6.07, 6.45) is 1.46. The summed E-state index contributed by atoms with van der Waals surface area (Å²) in [5.74, 6) is 0.960. The van der Waals surface area contributed by atoms with Crippen LogP contribution in [0.2, 0.25) is 10.0 Å². The summed E-state index contributed by atoms with van der Waals surface area (Å²) in [5.41, 5.74) is 7.30. The van der Waals surface area contributed by atoms with Gasteiger partial charge in [0.05, 0.1) is 5.02 Å². The largest absolute Gasteiger partial charge is 0.382 e. The predicted octanol–water partition coefficient (Wildman–Crippen LogP) is 4.11. The zero-order chi connectivity index (χ0) is 18.7. The first-order valence-electron chi connectivity index (χ1n) is 8.26. The first-order chi connectivity index (χ1) is 12.5. The number of nitrogens with zero attached hydrogens (tertiary/aromatic N) is 4. The van der Waals surface area contributed by atoms with E-state index in [1.807, 2.05) is 10.6 Å². The van der Waals surface area contributed by atoms with Gasteiger partial charge in [-0.1, -0.05) is 48.8 Å². The highest BCUT2D eigenvalue weighted by Crippen LogP contribution is 2.36. The second kappa shape index (κ2) is 8.43. The molecule has 3 rings (SSSR count). The fraction of sp³-hybridized carbons (Fsp3) is 0.353. The SMILES string of the molecule is CC(C)CNCCn1c(Sc2ccc(Cl)cc2Cl)nc2c(N)ncnc21. The molecule has 0 saturated heterocycles. The second-order valence-corrected chi connectivity index (χ2v) is 8.10. The van der Waals surface area contributed by atoms with E-state index >= 15 is 0 Å². The van der Waals surface area contributed by atoms with Gasteiger partial charge < -0.3 is 15.6 Å². The summed E-state index contributed by atoms with van der Waals surface area (Å²) < 4.78 is 2.04. The van der Waals surface area contributed by atoms with Gasteiger partial charge in [-0.2, -0.15) is 0 Å². The van der Waals surface area contributed by atoms with E-state index in [1.54, 1.807) is 12.1 Å². The van der Waals surface area contributed by atoms with Gasteiger partial charge in [-0.15, -0.1) is 0 Å². The topological polar surface area (TPSA) is 81.7 Å². The Hall–Kier alpha value is -1.54. The molecule has 6 nitrogen and oxygen atoms in total. The van der Waals surface area contributed by atoms with Crippen LogP contribution in [0.15, 0.2) is 34.6 Å². The van der Waals surface area contributed by atoms with Gasteiger partial charge >= 0.3 is 0 Å². The van der Waals surface area contributed by atoms with Crippen LogP contribution >= 0.6 is 35.0 Å². The van der Waals surface area contributed by atoms with Crippen LogP contribution in [0.25, 0.3) is 11.2 Å². The predicted molar refractivity (Wildman–Crippen MR) is 108 cm³/mol. The van der Waals surface area contributed by atoms with E-state index in [-0.39, 0.29) is 0 Å². The van der Waals surface area contributed by atoms with E-state index in [0.29, 0.717) is 33.8 Å². The minimum absolute atomic E-state index is 0.368. The van der Waals surface area contributed by atoms with Crippen LogP contribution in [0, 0.1) is 5.92 Å². The third-order valence-corrected chi connectivity index (χ3v) is 5.42. The molecule has 0 aliphatic heterocycles. The molecular formula is C17H20Cl2N6S. The average molecular weight is 411 g/mol. The van der Waals surface area contributed by atoms with Crippen molar-refractivity contribution < 1.29 is 0 Å². The first kappa shape index (κ1) is 19.2. The minimum Gasteiger partial charge on any atom is -0.382 e. The maximum atomic E-state index is 6.32. The fourth-order valence-corrected chi connectivity index (χ4v) is 3.89. The van der Waals surface area contributed by atoms with E-state index in [2.05, 4.69) is 34.1 Å². The zero-order valence-corrected chi connectivity index (χ0v) is 16.9. The molecule has 138 valence electrons. The van der Waals surface area contributed by atoms with Crippen molar-refractivity contribution in [1.82, 2.24) is 24.8 Å². The van der Waals surface area contributed by atoms with Crippen molar-refractivity contribution in [2.45, 2.75) is 30.4 Å². The van der Waals surface area contributed by atoms with Crippen molar-refractivity contribution in [2.75, 3.05) is 18.8 Å². The summed E-state index contributed by atoms with van der Waals surface area (Å²) in [6.45, 7) is 6.83. The Morgan fingerprint density at radius 3 is 2.81 bits per heavy atom. The fourth-order valence-electron chi connectivity index (χ4n) is 2.45. The number of aromatic nitrogens is 4. The van der Waals surface area contributed by atoms with E-state index in [9.17, 15) is 0 Å². The number of nitrogens with one attached hydrogen (secondary N) is 1. The molecule has 3 N–H and O–H groups in total. The van der Waals surface area contributed by atoms with E-state index < -0.39 is 0 Å². The standard InChI is InChI=1S/C17H20Cl2N6S/c1-10(2)8-21-5-6-25-16-14(15(20)22-9-23-16)24-17(25)26-13-4-3-11(18)7-12(13)19/h3-4,7,9-10,21H,5-6,8H2,1-2H3,(H2,20,22,23). The number of nitrogens with two attached hydrogens (primary N) is 1. The Morgan fingerprint density at radius 2 is 2.08 bits per heavy atom. The van der Waals surface area contributed by atoms with Crippen LogP contribution in [0.4, 0.5) is 5.82 Å². The summed E-state index contributed by atoms with van der Waals surface area (Å²) >= 11 is 13.8. The highest BCUT2D eigenvalue weighted by atomic mass is 35.5. The number of benzene rings is 1. The summed E-state index contributed by atoms with van der Waals surface area (Å²) in [6, 6.07) is 5.41. The van der Waals surface area contributed by atoms with Gasteiger partial charge in [-0.05, 0) is 30.7 Å². The van der Waals surface area contributed by atoms with Crippen molar-refractivity contribution in [2.24, 2.45) is 5.92 Å². The molecule has 0 radical (unpaired) electrons. The van der Waals surface area contributed by atoms with Crippen molar-refractivity contribution in [3.8, 4) is 0 Å². The first-order valence-corrected chi connectivity index (χ1v) is 9.83. The van der Waals surface area contributed by atoms with Crippen molar-refractivity contribution in [3.63, 3.8) is 0 Å². The van der Waals surface area contributed by atoms with Crippen LogP contribution in [0.5, 0.6) is 0 Å². The van der Waals surface area contributed by atoms with Gasteiger partial charge in [-0.25, -0.2) is 15.0 Å². The van der Waals surface area contributed by atoms with Crippen molar-refractivity contribution in [3.05, 3.63) is 34.6 Å². The van der Waals surface area contributed by atoms with Crippen LogP contribution in [0.1, 0.15) is 13.8 Å². The van der Waals surface area contributed by atoms with Gasteiger partial charge in [0.25, 0.3) is 0 Å². The van der Waals surface area contributed by atoms with E-state index in [4.69, 9.17) is 28.9 Å². The lowest BCUT2D eigenvalue weighted by Gasteiger charge is -2.11. The normalized spacial score (nSPS) is 11.6. The molecule has 0 bridgehead atoms. The maximum Gasteiger partial charge on any atom is 0.175 e. The molecule has 0 aliphatic carbocycles. The minimum atomic E-state index is 0.368. The molecule has 0 spiro atoms.